The number of anilines is 1. The van der Waals surface area contributed by atoms with Crippen LogP contribution < -0.4 is 9.62 Å². The number of carbonyl (C=O) groups excluding carboxylic acids is 1. The lowest BCUT2D eigenvalue weighted by atomic mass is 9.96. The minimum atomic E-state index is -3.62. The molecule has 11 heteroatoms. The summed E-state index contributed by atoms with van der Waals surface area (Å²) in [6.07, 6.45) is 6.13. The lowest BCUT2D eigenvalue weighted by Crippen LogP contribution is -2.48. The molecule has 0 saturated carbocycles. The molecule has 2 heterocycles. The Balaban J connectivity index is 2.13. The molecule has 2 aromatic rings. The van der Waals surface area contributed by atoms with Crippen molar-refractivity contribution in [3.8, 4) is 11.3 Å². The minimum Gasteiger partial charge on any atom is -0.359 e. The first-order chi connectivity index (χ1) is 18.3. The number of nitrogens with one attached hydrogen (secondary N) is 1. The Labute approximate surface area is 230 Å². The van der Waals surface area contributed by atoms with Gasteiger partial charge in [0.1, 0.15) is 5.82 Å². The van der Waals surface area contributed by atoms with E-state index >= 15 is 0 Å². The zero-order valence-electron chi connectivity index (χ0n) is 23.7. The Morgan fingerprint density at radius 3 is 2.38 bits per heavy atom. The molecule has 1 aromatic carbocycles. The third-order valence-corrected chi connectivity index (χ3v) is 8.05. The largest absolute Gasteiger partial charge is 0.359 e. The third-order valence-electron chi connectivity index (χ3n) is 6.90. The summed E-state index contributed by atoms with van der Waals surface area (Å²) < 4.78 is 52.0. The maximum atomic E-state index is 13.8. The first-order valence-corrected chi connectivity index (χ1v) is 15.0. The second-order valence-corrected chi connectivity index (χ2v) is 12.1. The van der Waals surface area contributed by atoms with E-state index in [1.54, 1.807) is 19.2 Å². The van der Waals surface area contributed by atoms with Crippen molar-refractivity contribution >= 4 is 28.0 Å². The van der Waals surface area contributed by atoms with Crippen molar-refractivity contribution in [2.45, 2.75) is 77.3 Å². The van der Waals surface area contributed by atoms with E-state index in [4.69, 9.17) is 9.47 Å². The Bertz CT molecular complexity index is 1290. The van der Waals surface area contributed by atoms with Gasteiger partial charge < -0.3 is 14.8 Å². The summed E-state index contributed by atoms with van der Waals surface area (Å²) in [5.41, 5.74) is 2.41. The van der Waals surface area contributed by atoms with Crippen LogP contribution in [0.1, 0.15) is 70.6 Å². The average molecular weight is 563 g/mol. The fraction of sp³-hybridized carbons (Fsp3) is 0.536. The minimum absolute atomic E-state index is 0.0293. The quantitative estimate of drug-likeness (QED) is 0.449. The molecular formula is C28H39FN4O5S. The molecule has 1 saturated heterocycles. The smallest absolute Gasteiger partial charge is 0.239 e. The number of amides is 1. The fourth-order valence-electron chi connectivity index (χ4n) is 4.50. The summed E-state index contributed by atoms with van der Waals surface area (Å²) in [5.74, 6) is -1.37. The summed E-state index contributed by atoms with van der Waals surface area (Å²) in [4.78, 5) is 21.4. The highest BCUT2D eigenvalue weighted by atomic mass is 32.2. The molecular weight excluding hydrogens is 523 g/mol. The molecule has 1 N–H and O–H groups in total. The normalized spacial score (nSPS) is 19.4. The van der Waals surface area contributed by atoms with Crippen molar-refractivity contribution in [3.63, 3.8) is 0 Å². The van der Waals surface area contributed by atoms with Crippen LogP contribution in [-0.4, -0.2) is 62.6 Å². The van der Waals surface area contributed by atoms with Crippen molar-refractivity contribution in [2.75, 3.05) is 24.7 Å². The van der Waals surface area contributed by atoms with Gasteiger partial charge in [-0.05, 0) is 43.0 Å². The lowest BCUT2D eigenvalue weighted by molar-refractivity contribution is -0.311. The molecule has 0 bridgehead atoms. The van der Waals surface area contributed by atoms with E-state index in [9.17, 15) is 17.6 Å². The molecule has 2 unspecified atom stereocenters. The first-order valence-electron chi connectivity index (χ1n) is 13.2. The van der Waals surface area contributed by atoms with Gasteiger partial charge in [-0.2, -0.15) is 0 Å². The molecule has 0 spiro atoms. The van der Waals surface area contributed by atoms with Crippen molar-refractivity contribution < 1.29 is 27.1 Å². The van der Waals surface area contributed by atoms with E-state index < -0.39 is 21.6 Å². The summed E-state index contributed by atoms with van der Waals surface area (Å²) in [5, 5.41) is 2.65. The number of rotatable bonds is 10. The Morgan fingerprint density at radius 2 is 1.85 bits per heavy atom. The highest BCUT2D eigenvalue weighted by Crippen LogP contribution is 2.36. The molecule has 9 nitrogen and oxygen atoms in total. The number of carbonyl (C=O) groups is 1. The Hall–Kier alpha value is -2.89. The number of benzene rings is 1. The van der Waals surface area contributed by atoms with Crippen LogP contribution >= 0.6 is 0 Å². The molecule has 1 fully saturated rings. The van der Waals surface area contributed by atoms with E-state index in [1.807, 2.05) is 39.8 Å². The SMILES string of the molecule is CCC1(CC)OC(C=Cc2c(-c3ccc(F)cc3)nc(N(C)S(C)(=O)=O)nc2C(C)C)CC(CC(=O)NC)O1. The Morgan fingerprint density at radius 1 is 1.21 bits per heavy atom. The van der Waals surface area contributed by atoms with E-state index in [0.29, 0.717) is 41.8 Å². The van der Waals surface area contributed by atoms with E-state index in [2.05, 4.69) is 15.3 Å². The molecule has 214 valence electrons. The lowest BCUT2D eigenvalue weighted by Gasteiger charge is -2.43. The van der Waals surface area contributed by atoms with Crippen molar-refractivity contribution in [3.05, 3.63) is 47.4 Å². The topological polar surface area (TPSA) is 111 Å². The number of aromatic nitrogens is 2. The van der Waals surface area contributed by atoms with Gasteiger partial charge in [0, 0.05) is 31.6 Å². The number of sulfonamides is 1. The van der Waals surface area contributed by atoms with E-state index in [0.717, 1.165) is 10.6 Å². The number of nitrogens with zero attached hydrogens (tertiary/aromatic N) is 3. The van der Waals surface area contributed by atoms with Crippen LogP contribution in [0.2, 0.25) is 0 Å². The van der Waals surface area contributed by atoms with Gasteiger partial charge in [-0.1, -0.05) is 39.8 Å². The molecule has 0 aliphatic carbocycles. The van der Waals surface area contributed by atoms with Gasteiger partial charge in [-0.25, -0.2) is 27.1 Å². The molecule has 1 amide bonds. The van der Waals surface area contributed by atoms with Gasteiger partial charge in [-0.15, -0.1) is 0 Å². The van der Waals surface area contributed by atoms with Crippen LogP contribution in [-0.2, 0) is 24.3 Å². The molecule has 0 radical (unpaired) electrons. The van der Waals surface area contributed by atoms with Gasteiger partial charge in [0.15, 0.2) is 5.79 Å². The molecule has 39 heavy (non-hydrogen) atoms. The molecule has 3 rings (SSSR count). The highest BCUT2D eigenvalue weighted by Gasteiger charge is 2.40. The van der Waals surface area contributed by atoms with E-state index in [1.165, 1.54) is 19.2 Å². The van der Waals surface area contributed by atoms with Gasteiger partial charge in [0.2, 0.25) is 21.9 Å². The molecule has 1 aromatic heterocycles. The number of hydrogen-bond donors (Lipinski definition) is 1. The summed E-state index contributed by atoms with van der Waals surface area (Å²) in [6, 6.07) is 5.88. The zero-order valence-corrected chi connectivity index (χ0v) is 24.5. The van der Waals surface area contributed by atoms with E-state index in [-0.39, 0.29) is 36.4 Å². The second-order valence-electron chi connectivity index (χ2n) is 10.0. The summed E-state index contributed by atoms with van der Waals surface area (Å²) >= 11 is 0. The predicted octanol–water partition coefficient (Wildman–Crippen LogP) is 4.64. The van der Waals surface area contributed by atoms with Crippen LogP contribution in [0.15, 0.2) is 30.3 Å². The highest BCUT2D eigenvalue weighted by molar-refractivity contribution is 7.92. The first kappa shape index (κ1) is 30.6. The second kappa shape index (κ2) is 12.5. The number of ether oxygens (including phenoxy) is 2. The van der Waals surface area contributed by atoms with Gasteiger partial charge in [0.25, 0.3) is 0 Å². The molecule has 1 aliphatic rings. The van der Waals surface area contributed by atoms with Crippen LogP contribution in [0.3, 0.4) is 0 Å². The number of hydrogen-bond acceptors (Lipinski definition) is 7. The monoisotopic (exact) mass is 562 g/mol. The van der Waals surface area contributed by atoms with Crippen LogP contribution in [0.4, 0.5) is 10.3 Å². The van der Waals surface area contributed by atoms with Crippen molar-refractivity contribution in [2.24, 2.45) is 0 Å². The maximum absolute atomic E-state index is 13.8. The van der Waals surface area contributed by atoms with Gasteiger partial charge in [0.05, 0.1) is 36.3 Å². The summed E-state index contributed by atoms with van der Waals surface area (Å²) in [7, 11) is -0.622. The average Bonchev–Trinajstić information content (AvgIpc) is 2.90. The van der Waals surface area contributed by atoms with Crippen molar-refractivity contribution in [1.82, 2.24) is 15.3 Å². The fourth-order valence-corrected chi connectivity index (χ4v) is 4.88. The molecule has 2 atom stereocenters. The maximum Gasteiger partial charge on any atom is 0.239 e. The Kier molecular flexibility index (Phi) is 9.84. The standard InChI is InChI=1S/C28H39FN4O5S/c1-8-28(9-2)37-21(16-22(38-28)17-24(34)30-5)14-15-23-25(18(3)4)31-27(33(6)39(7,35)36)32-26(23)19-10-12-20(29)13-11-19/h10-15,18,21-22H,8-9,16-17H2,1-7H3,(H,30,34). The van der Waals surface area contributed by atoms with Crippen LogP contribution in [0.5, 0.6) is 0 Å². The number of halogens is 1. The van der Waals surface area contributed by atoms with Gasteiger partial charge in [-0.3, -0.25) is 4.79 Å². The van der Waals surface area contributed by atoms with Gasteiger partial charge >= 0.3 is 0 Å². The zero-order chi connectivity index (χ0) is 29.0. The van der Waals surface area contributed by atoms with Crippen LogP contribution in [0, 0.1) is 5.82 Å². The predicted molar refractivity (Wildman–Crippen MR) is 150 cm³/mol. The summed E-state index contributed by atoms with van der Waals surface area (Å²) in [6.45, 7) is 7.89. The third kappa shape index (κ3) is 7.40. The molecule has 1 aliphatic heterocycles. The van der Waals surface area contributed by atoms with Crippen molar-refractivity contribution in [1.29, 1.82) is 0 Å². The van der Waals surface area contributed by atoms with Crippen LogP contribution in [0.25, 0.3) is 17.3 Å².